The molecule has 6 nitrogen and oxygen atoms in total. The number of hydrogen-bond acceptors (Lipinski definition) is 3. The van der Waals surface area contributed by atoms with E-state index in [2.05, 4.69) is 5.32 Å². The average molecular weight is 359 g/mol. The normalized spacial score (nSPS) is 11.4. The zero-order valence-electron chi connectivity index (χ0n) is 12.9. The highest BCUT2D eigenvalue weighted by molar-refractivity contribution is 5.90. The standard InChI is InChI=1S/C15H13F4N3O3/c1-9-6-10(2-3-11(9)16)20-12(23)7-21-4-5-22(8-15(17,18)19)14(25)13(21)24/h2-6H,7-8H2,1H3,(H,20,23). The first-order valence-electron chi connectivity index (χ1n) is 6.99. The van der Waals surface area contributed by atoms with Crippen LogP contribution in [0.5, 0.6) is 0 Å². The quantitative estimate of drug-likeness (QED) is 0.667. The van der Waals surface area contributed by atoms with E-state index < -0.39 is 42.1 Å². The van der Waals surface area contributed by atoms with Crippen molar-refractivity contribution in [1.29, 1.82) is 0 Å². The van der Waals surface area contributed by atoms with Crippen LogP contribution in [0.25, 0.3) is 0 Å². The molecule has 0 saturated heterocycles. The van der Waals surface area contributed by atoms with Crippen molar-refractivity contribution < 1.29 is 22.4 Å². The highest BCUT2D eigenvalue weighted by atomic mass is 19.4. The molecular weight excluding hydrogens is 346 g/mol. The first-order chi connectivity index (χ1) is 11.6. The molecule has 0 spiro atoms. The van der Waals surface area contributed by atoms with Crippen LogP contribution in [-0.4, -0.2) is 21.2 Å². The molecule has 1 heterocycles. The van der Waals surface area contributed by atoms with Crippen LogP contribution in [0.4, 0.5) is 23.2 Å². The summed E-state index contributed by atoms with van der Waals surface area (Å²) in [6.07, 6.45) is -2.95. The molecular formula is C15H13F4N3O3. The van der Waals surface area contributed by atoms with Gasteiger partial charge in [-0.05, 0) is 30.7 Å². The van der Waals surface area contributed by atoms with Crippen LogP contribution in [0.15, 0.2) is 40.2 Å². The summed E-state index contributed by atoms with van der Waals surface area (Å²) in [5.41, 5.74) is -2.06. The number of aromatic nitrogens is 2. The number of nitrogens with zero attached hydrogens (tertiary/aromatic N) is 2. The van der Waals surface area contributed by atoms with Crippen molar-refractivity contribution in [3.05, 3.63) is 62.7 Å². The maximum atomic E-state index is 13.2. The first-order valence-corrected chi connectivity index (χ1v) is 6.99. The van der Waals surface area contributed by atoms with E-state index in [1.807, 2.05) is 0 Å². The van der Waals surface area contributed by atoms with Gasteiger partial charge in [0.1, 0.15) is 18.9 Å². The van der Waals surface area contributed by atoms with Crippen LogP contribution < -0.4 is 16.4 Å². The second-order valence-electron chi connectivity index (χ2n) is 5.29. The summed E-state index contributed by atoms with van der Waals surface area (Å²) in [6, 6.07) is 3.83. The molecule has 0 saturated carbocycles. The van der Waals surface area contributed by atoms with Gasteiger partial charge in [0.25, 0.3) is 0 Å². The third kappa shape index (κ3) is 4.78. The van der Waals surface area contributed by atoms with E-state index in [4.69, 9.17) is 0 Å². The van der Waals surface area contributed by atoms with Crippen molar-refractivity contribution in [1.82, 2.24) is 9.13 Å². The minimum Gasteiger partial charge on any atom is -0.325 e. The highest BCUT2D eigenvalue weighted by Gasteiger charge is 2.28. The summed E-state index contributed by atoms with van der Waals surface area (Å²) in [5, 5.41) is 2.40. The molecule has 1 N–H and O–H groups in total. The third-order valence-electron chi connectivity index (χ3n) is 3.24. The Bertz CT molecular complexity index is 915. The number of carbonyl (C=O) groups is 1. The summed E-state index contributed by atoms with van der Waals surface area (Å²) in [5.74, 6) is -1.15. The number of rotatable bonds is 4. The molecule has 10 heteroatoms. The van der Waals surface area contributed by atoms with Crippen molar-refractivity contribution in [2.75, 3.05) is 5.32 Å². The van der Waals surface area contributed by atoms with Crippen LogP contribution in [0.1, 0.15) is 5.56 Å². The lowest BCUT2D eigenvalue weighted by Crippen LogP contribution is -2.43. The predicted molar refractivity (Wildman–Crippen MR) is 80.8 cm³/mol. The van der Waals surface area contributed by atoms with E-state index in [1.165, 1.54) is 19.1 Å². The van der Waals surface area contributed by atoms with Gasteiger partial charge in [0.05, 0.1) is 0 Å². The third-order valence-corrected chi connectivity index (χ3v) is 3.24. The highest BCUT2D eigenvalue weighted by Crippen LogP contribution is 2.16. The number of alkyl halides is 3. The first kappa shape index (κ1) is 18.4. The molecule has 0 radical (unpaired) electrons. The largest absolute Gasteiger partial charge is 0.406 e. The lowest BCUT2D eigenvalue weighted by Gasteiger charge is -2.11. The molecule has 0 fully saturated rings. The van der Waals surface area contributed by atoms with E-state index in [1.54, 1.807) is 0 Å². The molecule has 134 valence electrons. The maximum Gasteiger partial charge on any atom is 0.406 e. The fourth-order valence-corrected chi connectivity index (χ4v) is 2.06. The zero-order valence-corrected chi connectivity index (χ0v) is 12.9. The van der Waals surface area contributed by atoms with E-state index >= 15 is 0 Å². The lowest BCUT2D eigenvalue weighted by atomic mass is 10.2. The Labute approximate surface area is 138 Å². The number of carbonyl (C=O) groups excluding carboxylic acids is 1. The molecule has 1 aromatic heterocycles. The van der Waals surface area contributed by atoms with Crippen LogP contribution in [0.3, 0.4) is 0 Å². The molecule has 2 rings (SSSR count). The number of benzene rings is 1. The second-order valence-corrected chi connectivity index (χ2v) is 5.29. The molecule has 0 aliphatic carbocycles. The number of anilines is 1. The van der Waals surface area contributed by atoms with E-state index in [-0.39, 0.29) is 10.3 Å². The van der Waals surface area contributed by atoms with Crippen molar-refractivity contribution >= 4 is 11.6 Å². The Morgan fingerprint density at radius 2 is 1.72 bits per heavy atom. The Morgan fingerprint density at radius 3 is 2.32 bits per heavy atom. The van der Waals surface area contributed by atoms with Crippen LogP contribution >= 0.6 is 0 Å². The smallest absolute Gasteiger partial charge is 0.325 e. The van der Waals surface area contributed by atoms with Crippen molar-refractivity contribution in [2.45, 2.75) is 26.2 Å². The van der Waals surface area contributed by atoms with Gasteiger partial charge in [-0.2, -0.15) is 13.2 Å². The number of halogens is 4. The lowest BCUT2D eigenvalue weighted by molar-refractivity contribution is -0.141. The minimum absolute atomic E-state index is 0.222. The average Bonchev–Trinajstić information content (AvgIpc) is 2.49. The van der Waals surface area contributed by atoms with Crippen molar-refractivity contribution in [3.8, 4) is 0 Å². The fourth-order valence-electron chi connectivity index (χ4n) is 2.06. The Kier molecular flexibility index (Phi) is 5.10. The van der Waals surface area contributed by atoms with E-state index in [9.17, 15) is 31.9 Å². The van der Waals surface area contributed by atoms with Gasteiger partial charge >= 0.3 is 17.3 Å². The van der Waals surface area contributed by atoms with Gasteiger partial charge in [0.2, 0.25) is 5.91 Å². The molecule has 0 bridgehead atoms. The van der Waals surface area contributed by atoms with Crippen LogP contribution in [0, 0.1) is 12.7 Å². The topological polar surface area (TPSA) is 73.1 Å². The molecule has 1 amide bonds. The number of nitrogens with one attached hydrogen (secondary N) is 1. The maximum absolute atomic E-state index is 13.2. The summed E-state index contributed by atoms with van der Waals surface area (Å²) in [6.45, 7) is -0.671. The van der Waals surface area contributed by atoms with Gasteiger partial charge in [-0.1, -0.05) is 0 Å². The van der Waals surface area contributed by atoms with Gasteiger partial charge in [-0.25, -0.2) is 4.39 Å². The van der Waals surface area contributed by atoms with Crippen LogP contribution in [-0.2, 0) is 17.9 Å². The fraction of sp³-hybridized carbons (Fsp3) is 0.267. The molecule has 0 unspecified atom stereocenters. The van der Waals surface area contributed by atoms with Gasteiger partial charge < -0.3 is 9.88 Å². The van der Waals surface area contributed by atoms with Gasteiger partial charge in [0.15, 0.2) is 0 Å². The zero-order chi connectivity index (χ0) is 18.8. The second kappa shape index (κ2) is 6.91. The molecule has 1 aromatic carbocycles. The molecule has 0 aliphatic rings. The Morgan fingerprint density at radius 1 is 1.12 bits per heavy atom. The molecule has 25 heavy (non-hydrogen) atoms. The van der Waals surface area contributed by atoms with Crippen molar-refractivity contribution in [2.24, 2.45) is 0 Å². The summed E-state index contributed by atoms with van der Waals surface area (Å²) < 4.78 is 51.0. The monoisotopic (exact) mass is 359 g/mol. The predicted octanol–water partition coefficient (Wildman–Crippen LogP) is 1.66. The van der Waals surface area contributed by atoms with Gasteiger partial charge in [-0.15, -0.1) is 0 Å². The van der Waals surface area contributed by atoms with E-state index in [0.717, 1.165) is 18.5 Å². The minimum atomic E-state index is -4.65. The van der Waals surface area contributed by atoms with Crippen molar-refractivity contribution in [3.63, 3.8) is 0 Å². The Hall–Kier alpha value is -2.91. The molecule has 2 aromatic rings. The SMILES string of the molecule is Cc1cc(NC(=O)Cn2ccn(CC(F)(F)F)c(=O)c2=O)ccc1F. The van der Waals surface area contributed by atoms with Gasteiger partial charge in [0, 0.05) is 18.1 Å². The van der Waals surface area contributed by atoms with Crippen LogP contribution in [0.2, 0.25) is 0 Å². The number of amides is 1. The summed E-state index contributed by atoms with van der Waals surface area (Å²) in [4.78, 5) is 35.3. The van der Waals surface area contributed by atoms with Gasteiger partial charge in [-0.3, -0.25) is 19.0 Å². The summed E-state index contributed by atoms with van der Waals surface area (Å²) >= 11 is 0. The molecule has 0 aliphatic heterocycles. The summed E-state index contributed by atoms with van der Waals surface area (Å²) in [7, 11) is 0. The number of hydrogen-bond donors (Lipinski definition) is 1. The number of aryl methyl sites for hydroxylation is 1. The Balaban J connectivity index is 2.16. The molecule has 0 atom stereocenters. The van der Waals surface area contributed by atoms with E-state index in [0.29, 0.717) is 10.1 Å².